The molecular weight excluding hydrogens is 226 g/mol. The molecule has 0 aromatic heterocycles. The number of nitriles is 1. The highest BCUT2D eigenvalue weighted by molar-refractivity contribution is 5.81. The lowest BCUT2D eigenvalue weighted by atomic mass is 10.1. The second-order valence-corrected chi connectivity index (χ2v) is 4.82. The van der Waals surface area contributed by atoms with E-state index in [9.17, 15) is 4.79 Å². The molecular formula is C14H17N3O. The number of rotatable bonds is 5. The lowest BCUT2D eigenvalue weighted by Gasteiger charge is -2.11. The van der Waals surface area contributed by atoms with Gasteiger partial charge in [-0.25, -0.2) is 0 Å². The lowest BCUT2D eigenvalue weighted by Crippen LogP contribution is -2.40. The van der Waals surface area contributed by atoms with Gasteiger partial charge in [0.25, 0.3) is 0 Å². The average molecular weight is 243 g/mol. The van der Waals surface area contributed by atoms with E-state index >= 15 is 0 Å². The topological polar surface area (TPSA) is 78.9 Å². The maximum Gasteiger partial charge on any atom is 0.237 e. The highest BCUT2D eigenvalue weighted by Crippen LogP contribution is 2.33. The molecule has 1 aromatic carbocycles. The number of amides is 1. The second-order valence-electron chi connectivity index (χ2n) is 4.82. The molecule has 1 aromatic rings. The fourth-order valence-electron chi connectivity index (χ4n) is 1.89. The minimum Gasteiger partial charge on any atom is -0.351 e. The zero-order valence-electron chi connectivity index (χ0n) is 10.2. The molecule has 0 unspecified atom stereocenters. The van der Waals surface area contributed by atoms with Gasteiger partial charge in [-0.1, -0.05) is 25.0 Å². The first-order chi connectivity index (χ1) is 8.69. The van der Waals surface area contributed by atoms with Crippen molar-refractivity contribution in [3.63, 3.8) is 0 Å². The number of nitrogens with two attached hydrogens (primary N) is 1. The van der Waals surface area contributed by atoms with Gasteiger partial charge in [-0.3, -0.25) is 4.79 Å². The molecule has 3 N–H and O–H groups in total. The monoisotopic (exact) mass is 243 g/mol. The van der Waals surface area contributed by atoms with Crippen LogP contribution in [0.25, 0.3) is 0 Å². The van der Waals surface area contributed by atoms with Crippen molar-refractivity contribution in [1.29, 1.82) is 5.26 Å². The number of hydrogen-bond acceptors (Lipinski definition) is 3. The first-order valence-electron chi connectivity index (χ1n) is 6.21. The molecule has 1 aliphatic rings. The van der Waals surface area contributed by atoms with Gasteiger partial charge in [0.2, 0.25) is 5.91 Å². The van der Waals surface area contributed by atoms with Crippen LogP contribution in [0.2, 0.25) is 0 Å². The van der Waals surface area contributed by atoms with Gasteiger partial charge in [0.05, 0.1) is 17.7 Å². The van der Waals surface area contributed by atoms with Crippen molar-refractivity contribution in [2.24, 2.45) is 11.7 Å². The van der Waals surface area contributed by atoms with E-state index in [0.29, 0.717) is 18.0 Å². The van der Waals surface area contributed by atoms with E-state index in [1.807, 2.05) is 12.1 Å². The van der Waals surface area contributed by atoms with Crippen LogP contribution < -0.4 is 11.1 Å². The molecule has 2 rings (SSSR count). The van der Waals surface area contributed by atoms with Crippen LogP contribution in [0, 0.1) is 17.2 Å². The Bertz CT molecular complexity index is 474. The van der Waals surface area contributed by atoms with Crippen molar-refractivity contribution in [3.05, 3.63) is 35.4 Å². The average Bonchev–Trinajstić information content (AvgIpc) is 3.20. The van der Waals surface area contributed by atoms with Gasteiger partial charge in [0, 0.05) is 6.54 Å². The van der Waals surface area contributed by atoms with Gasteiger partial charge in [0.15, 0.2) is 0 Å². The molecule has 18 heavy (non-hydrogen) atoms. The Morgan fingerprint density at radius 2 is 2.33 bits per heavy atom. The number of carbonyl (C=O) groups excluding carboxylic acids is 1. The summed E-state index contributed by atoms with van der Waals surface area (Å²) < 4.78 is 0. The van der Waals surface area contributed by atoms with Crippen LogP contribution in [-0.2, 0) is 11.3 Å². The van der Waals surface area contributed by atoms with Crippen LogP contribution in [0.15, 0.2) is 24.3 Å². The predicted molar refractivity (Wildman–Crippen MR) is 68.3 cm³/mol. The lowest BCUT2D eigenvalue weighted by molar-refractivity contribution is -0.122. The summed E-state index contributed by atoms with van der Waals surface area (Å²) in [5, 5.41) is 11.6. The SMILES string of the molecule is N#Cc1cccc(CNC(=O)[C@@H](N)CC2CC2)c1. The van der Waals surface area contributed by atoms with Crippen molar-refractivity contribution in [2.45, 2.75) is 31.8 Å². The maximum absolute atomic E-state index is 11.7. The Labute approximate surface area is 107 Å². The molecule has 1 fully saturated rings. The van der Waals surface area contributed by atoms with E-state index in [-0.39, 0.29) is 5.91 Å². The Kier molecular flexibility index (Phi) is 3.96. The minimum absolute atomic E-state index is 0.107. The van der Waals surface area contributed by atoms with Crippen molar-refractivity contribution in [3.8, 4) is 6.07 Å². The third kappa shape index (κ3) is 3.57. The third-order valence-electron chi connectivity index (χ3n) is 3.14. The Morgan fingerprint density at radius 1 is 1.56 bits per heavy atom. The Morgan fingerprint density at radius 3 is 3.00 bits per heavy atom. The van der Waals surface area contributed by atoms with E-state index in [2.05, 4.69) is 11.4 Å². The molecule has 1 aliphatic carbocycles. The fourth-order valence-corrected chi connectivity index (χ4v) is 1.89. The number of nitrogens with zero attached hydrogens (tertiary/aromatic N) is 1. The quantitative estimate of drug-likeness (QED) is 0.818. The molecule has 1 amide bonds. The van der Waals surface area contributed by atoms with E-state index in [1.54, 1.807) is 12.1 Å². The number of benzene rings is 1. The molecule has 0 radical (unpaired) electrons. The summed E-state index contributed by atoms with van der Waals surface area (Å²) in [6.07, 6.45) is 3.18. The molecule has 1 saturated carbocycles. The number of nitrogens with one attached hydrogen (secondary N) is 1. The molecule has 0 heterocycles. The van der Waals surface area contributed by atoms with Crippen LogP contribution in [0.3, 0.4) is 0 Å². The maximum atomic E-state index is 11.7. The van der Waals surface area contributed by atoms with Crippen molar-refractivity contribution in [2.75, 3.05) is 0 Å². The first kappa shape index (κ1) is 12.6. The van der Waals surface area contributed by atoms with Crippen molar-refractivity contribution < 1.29 is 4.79 Å². The summed E-state index contributed by atoms with van der Waals surface area (Å²) in [4.78, 5) is 11.7. The Hall–Kier alpha value is -1.86. The first-order valence-corrected chi connectivity index (χ1v) is 6.21. The van der Waals surface area contributed by atoms with Crippen LogP contribution in [0.1, 0.15) is 30.4 Å². The van der Waals surface area contributed by atoms with Gasteiger partial charge in [-0.2, -0.15) is 5.26 Å². The fraction of sp³-hybridized carbons (Fsp3) is 0.429. The number of hydrogen-bond donors (Lipinski definition) is 2. The zero-order chi connectivity index (χ0) is 13.0. The standard InChI is InChI=1S/C14H17N3O/c15-8-11-2-1-3-12(6-11)9-17-14(18)13(16)7-10-4-5-10/h1-3,6,10,13H,4-5,7,9,16H2,(H,17,18)/t13-/m0/s1. The van der Waals surface area contributed by atoms with Crippen LogP contribution in [0.5, 0.6) is 0 Å². The Balaban J connectivity index is 1.82. The van der Waals surface area contributed by atoms with E-state index in [1.165, 1.54) is 12.8 Å². The predicted octanol–water partition coefficient (Wildman–Crippen LogP) is 1.30. The van der Waals surface area contributed by atoms with Gasteiger partial charge in [-0.15, -0.1) is 0 Å². The van der Waals surface area contributed by atoms with Gasteiger partial charge in [-0.05, 0) is 30.0 Å². The van der Waals surface area contributed by atoms with Crippen LogP contribution in [0.4, 0.5) is 0 Å². The summed E-state index contributed by atoms with van der Waals surface area (Å²) >= 11 is 0. The molecule has 1 atom stereocenters. The summed E-state index contributed by atoms with van der Waals surface area (Å²) in [5.74, 6) is 0.539. The molecule has 0 bridgehead atoms. The van der Waals surface area contributed by atoms with Crippen LogP contribution >= 0.6 is 0 Å². The summed E-state index contributed by atoms with van der Waals surface area (Å²) in [7, 11) is 0. The molecule has 4 nitrogen and oxygen atoms in total. The smallest absolute Gasteiger partial charge is 0.237 e. The van der Waals surface area contributed by atoms with Gasteiger partial charge >= 0.3 is 0 Å². The summed E-state index contributed by atoms with van der Waals surface area (Å²) in [6.45, 7) is 0.423. The van der Waals surface area contributed by atoms with E-state index < -0.39 is 6.04 Å². The molecule has 0 aliphatic heterocycles. The highest BCUT2D eigenvalue weighted by atomic mass is 16.2. The normalized spacial score (nSPS) is 15.8. The number of carbonyl (C=O) groups is 1. The zero-order valence-corrected chi connectivity index (χ0v) is 10.2. The van der Waals surface area contributed by atoms with E-state index in [4.69, 9.17) is 11.0 Å². The molecule has 0 saturated heterocycles. The molecule has 94 valence electrons. The highest BCUT2D eigenvalue weighted by Gasteiger charge is 2.26. The van der Waals surface area contributed by atoms with Crippen LogP contribution in [-0.4, -0.2) is 11.9 Å². The largest absolute Gasteiger partial charge is 0.351 e. The summed E-state index contributed by atoms with van der Waals surface area (Å²) in [5.41, 5.74) is 7.33. The van der Waals surface area contributed by atoms with Gasteiger partial charge < -0.3 is 11.1 Å². The van der Waals surface area contributed by atoms with Crippen molar-refractivity contribution in [1.82, 2.24) is 5.32 Å². The van der Waals surface area contributed by atoms with E-state index in [0.717, 1.165) is 12.0 Å². The second kappa shape index (κ2) is 5.65. The third-order valence-corrected chi connectivity index (χ3v) is 3.14. The van der Waals surface area contributed by atoms with Gasteiger partial charge in [0.1, 0.15) is 0 Å². The molecule has 4 heteroatoms. The molecule has 0 spiro atoms. The summed E-state index contributed by atoms with van der Waals surface area (Å²) in [6, 6.07) is 8.87. The van der Waals surface area contributed by atoms with Crippen molar-refractivity contribution >= 4 is 5.91 Å². The minimum atomic E-state index is -0.406.